The summed E-state index contributed by atoms with van der Waals surface area (Å²) < 4.78 is 38.8. The molecule has 0 amide bonds. The molecule has 0 saturated heterocycles. The molecule has 4 heteroatoms. The zero-order valence-electron chi connectivity index (χ0n) is 7.89. The van der Waals surface area contributed by atoms with Gasteiger partial charge in [0.1, 0.15) is 6.17 Å². The molecule has 1 rings (SSSR count). The monoisotopic (exact) mass is 204 g/mol. The first-order chi connectivity index (χ1) is 6.43. The van der Waals surface area contributed by atoms with Gasteiger partial charge in [-0.1, -0.05) is 0 Å². The Bertz CT molecular complexity index is 334. The Morgan fingerprint density at radius 3 is 2.21 bits per heavy atom. The molecule has 0 radical (unpaired) electrons. The summed E-state index contributed by atoms with van der Waals surface area (Å²) >= 11 is 0. The second-order valence-electron chi connectivity index (χ2n) is 3.20. The van der Waals surface area contributed by atoms with E-state index in [1.165, 1.54) is 13.8 Å². The Morgan fingerprint density at radius 1 is 1.21 bits per heavy atom. The number of rotatable bonds is 2. The Balaban J connectivity index is 3.28. The molecule has 0 fully saturated rings. The topological polar surface area (TPSA) is 20.2 Å². The fourth-order valence-electron chi connectivity index (χ4n) is 1.17. The minimum Gasteiger partial charge on any atom is -0.389 e. The van der Waals surface area contributed by atoms with Gasteiger partial charge in [-0.2, -0.15) is 0 Å². The van der Waals surface area contributed by atoms with Crippen LogP contribution in [0.25, 0.3) is 0 Å². The Morgan fingerprint density at radius 2 is 1.79 bits per heavy atom. The molecule has 0 aromatic heterocycles. The van der Waals surface area contributed by atoms with Gasteiger partial charge in [0.25, 0.3) is 0 Å². The maximum atomic E-state index is 13.0. The van der Waals surface area contributed by atoms with Crippen LogP contribution in [0.5, 0.6) is 0 Å². The van der Waals surface area contributed by atoms with Crippen LogP contribution in [-0.2, 0) is 0 Å². The zero-order valence-corrected chi connectivity index (χ0v) is 7.89. The Kier molecular flexibility index (Phi) is 3.16. The van der Waals surface area contributed by atoms with Gasteiger partial charge in [0.15, 0.2) is 11.6 Å². The number of hydrogen-bond donors (Lipinski definition) is 1. The molecule has 78 valence electrons. The minimum absolute atomic E-state index is 0.0276. The summed E-state index contributed by atoms with van der Waals surface area (Å²) in [6, 6.07) is 1.93. The molecule has 0 aliphatic carbocycles. The predicted molar refractivity (Wildman–Crippen MR) is 46.5 cm³/mol. The molecule has 1 nitrogen and oxygen atoms in total. The van der Waals surface area contributed by atoms with Crippen molar-refractivity contribution in [3.8, 4) is 0 Å². The van der Waals surface area contributed by atoms with E-state index >= 15 is 0 Å². The second kappa shape index (κ2) is 4.00. The molecule has 0 heterocycles. The molecular formula is C10H11F3O. The molecule has 0 bridgehead atoms. The highest BCUT2D eigenvalue weighted by molar-refractivity contribution is 5.29. The molecule has 0 saturated carbocycles. The van der Waals surface area contributed by atoms with Crippen LogP contribution in [0.1, 0.15) is 37.3 Å². The molecule has 0 aliphatic rings. The van der Waals surface area contributed by atoms with Gasteiger partial charge in [0, 0.05) is 5.56 Å². The van der Waals surface area contributed by atoms with Crippen LogP contribution in [0, 0.1) is 11.6 Å². The van der Waals surface area contributed by atoms with E-state index in [-0.39, 0.29) is 11.1 Å². The zero-order chi connectivity index (χ0) is 10.9. The van der Waals surface area contributed by atoms with Gasteiger partial charge < -0.3 is 5.11 Å². The van der Waals surface area contributed by atoms with E-state index in [0.29, 0.717) is 0 Å². The van der Waals surface area contributed by atoms with Crippen molar-refractivity contribution in [2.24, 2.45) is 0 Å². The number of aliphatic hydroxyl groups is 1. The second-order valence-corrected chi connectivity index (χ2v) is 3.20. The average molecular weight is 204 g/mol. The third-order valence-corrected chi connectivity index (χ3v) is 1.99. The molecule has 0 spiro atoms. The first-order valence-electron chi connectivity index (χ1n) is 4.24. The highest BCUT2D eigenvalue weighted by Gasteiger charge is 2.16. The summed E-state index contributed by atoms with van der Waals surface area (Å²) in [6.07, 6.45) is -2.54. The van der Waals surface area contributed by atoms with Crippen LogP contribution < -0.4 is 0 Å². The van der Waals surface area contributed by atoms with Crippen LogP contribution in [-0.4, -0.2) is 5.11 Å². The standard InChI is InChI=1S/C10H11F3O/c1-5(11)7-3-8(6(2)14)10(13)9(12)4-7/h3-6,14H,1-2H3. The number of hydrogen-bond acceptors (Lipinski definition) is 1. The molecular weight excluding hydrogens is 193 g/mol. The lowest BCUT2D eigenvalue weighted by Crippen LogP contribution is -2.01. The van der Waals surface area contributed by atoms with Crippen molar-refractivity contribution >= 4 is 0 Å². The van der Waals surface area contributed by atoms with Gasteiger partial charge >= 0.3 is 0 Å². The van der Waals surface area contributed by atoms with Gasteiger partial charge in [-0.3, -0.25) is 0 Å². The predicted octanol–water partition coefficient (Wildman–Crippen LogP) is 3.05. The number of benzene rings is 1. The largest absolute Gasteiger partial charge is 0.389 e. The van der Waals surface area contributed by atoms with Crippen molar-refractivity contribution in [3.05, 3.63) is 34.9 Å². The summed E-state index contributed by atoms with van der Waals surface area (Å²) in [6.45, 7) is 2.52. The maximum absolute atomic E-state index is 13.0. The van der Waals surface area contributed by atoms with Gasteiger partial charge in [0.2, 0.25) is 0 Å². The summed E-state index contributed by atoms with van der Waals surface area (Å²) in [5.74, 6) is -2.26. The number of halogens is 3. The average Bonchev–Trinajstić information content (AvgIpc) is 2.08. The van der Waals surface area contributed by atoms with Crippen LogP contribution in [0.15, 0.2) is 12.1 Å². The fraction of sp³-hybridized carbons (Fsp3) is 0.400. The normalized spacial score (nSPS) is 15.3. The highest BCUT2D eigenvalue weighted by atomic mass is 19.2. The molecule has 1 aromatic rings. The number of alkyl halides is 1. The van der Waals surface area contributed by atoms with Crippen LogP contribution in [0.3, 0.4) is 0 Å². The first-order valence-corrected chi connectivity index (χ1v) is 4.24. The van der Waals surface area contributed by atoms with Crippen molar-refractivity contribution in [3.63, 3.8) is 0 Å². The molecule has 0 aliphatic heterocycles. The van der Waals surface area contributed by atoms with E-state index in [1.54, 1.807) is 0 Å². The molecule has 1 N–H and O–H groups in total. The summed E-state index contributed by atoms with van der Waals surface area (Å²) in [5, 5.41) is 9.11. The van der Waals surface area contributed by atoms with Crippen molar-refractivity contribution in [1.29, 1.82) is 0 Å². The summed E-state index contributed by atoms with van der Waals surface area (Å²) in [7, 11) is 0. The number of aliphatic hydroxyl groups excluding tert-OH is 1. The molecule has 2 atom stereocenters. The van der Waals surface area contributed by atoms with E-state index in [9.17, 15) is 13.2 Å². The summed E-state index contributed by atoms with van der Waals surface area (Å²) in [4.78, 5) is 0. The van der Waals surface area contributed by atoms with Gasteiger partial charge in [0.05, 0.1) is 6.10 Å². The van der Waals surface area contributed by atoms with Gasteiger partial charge in [-0.25, -0.2) is 13.2 Å². The van der Waals surface area contributed by atoms with Crippen LogP contribution in [0.2, 0.25) is 0 Å². The van der Waals surface area contributed by atoms with E-state index < -0.39 is 23.9 Å². The smallest absolute Gasteiger partial charge is 0.164 e. The third-order valence-electron chi connectivity index (χ3n) is 1.99. The van der Waals surface area contributed by atoms with Crippen molar-refractivity contribution in [2.75, 3.05) is 0 Å². The Labute approximate surface area is 80.2 Å². The highest BCUT2D eigenvalue weighted by Crippen LogP contribution is 2.25. The molecule has 14 heavy (non-hydrogen) atoms. The summed E-state index contributed by atoms with van der Waals surface area (Å²) in [5.41, 5.74) is -0.190. The van der Waals surface area contributed by atoms with E-state index in [2.05, 4.69) is 0 Å². The lowest BCUT2D eigenvalue weighted by atomic mass is 10.0. The van der Waals surface area contributed by atoms with Gasteiger partial charge in [-0.15, -0.1) is 0 Å². The Hall–Kier alpha value is -1.03. The minimum atomic E-state index is -1.39. The lowest BCUT2D eigenvalue weighted by molar-refractivity contribution is 0.192. The van der Waals surface area contributed by atoms with Crippen molar-refractivity contribution in [2.45, 2.75) is 26.1 Å². The van der Waals surface area contributed by atoms with Crippen LogP contribution in [0.4, 0.5) is 13.2 Å². The maximum Gasteiger partial charge on any atom is 0.164 e. The SMILES string of the molecule is CC(O)c1cc(C(C)F)cc(F)c1F. The fourth-order valence-corrected chi connectivity index (χ4v) is 1.17. The quantitative estimate of drug-likeness (QED) is 0.784. The van der Waals surface area contributed by atoms with E-state index in [4.69, 9.17) is 5.11 Å². The molecule has 1 aromatic carbocycles. The van der Waals surface area contributed by atoms with Gasteiger partial charge in [-0.05, 0) is 31.5 Å². The van der Waals surface area contributed by atoms with Crippen molar-refractivity contribution in [1.82, 2.24) is 0 Å². The van der Waals surface area contributed by atoms with E-state index in [1.807, 2.05) is 0 Å². The first kappa shape index (κ1) is 11.0. The third kappa shape index (κ3) is 2.07. The lowest BCUT2D eigenvalue weighted by Gasteiger charge is -2.10. The van der Waals surface area contributed by atoms with Crippen LogP contribution >= 0.6 is 0 Å². The van der Waals surface area contributed by atoms with E-state index in [0.717, 1.165) is 12.1 Å². The van der Waals surface area contributed by atoms with Crippen molar-refractivity contribution < 1.29 is 18.3 Å². The molecule has 2 unspecified atom stereocenters.